The van der Waals surface area contributed by atoms with Gasteiger partial charge in [0.15, 0.2) is 5.11 Å². The molecule has 8 nitrogen and oxygen atoms in total. The van der Waals surface area contributed by atoms with E-state index in [0.29, 0.717) is 31.9 Å². The molecule has 1 amide bonds. The Morgan fingerprint density at radius 1 is 1.23 bits per heavy atom. The van der Waals surface area contributed by atoms with E-state index in [1.54, 1.807) is 19.1 Å². The first-order chi connectivity index (χ1) is 12.2. The Hall–Kier alpha value is -1.75. The predicted molar refractivity (Wildman–Crippen MR) is 102 cm³/mol. The van der Waals surface area contributed by atoms with Crippen molar-refractivity contribution in [3.63, 3.8) is 0 Å². The molecule has 1 aliphatic heterocycles. The van der Waals surface area contributed by atoms with Crippen molar-refractivity contribution >= 4 is 33.3 Å². The highest BCUT2D eigenvalue weighted by atomic mass is 32.2. The fourth-order valence-corrected chi connectivity index (χ4v) is 4.37. The lowest BCUT2D eigenvalue weighted by Gasteiger charge is -2.26. The summed E-state index contributed by atoms with van der Waals surface area (Å²) in [5.74, 6) is -0.476. The number of rotatable bonds is 4. The van der Waals surface area contributed by atoms with E-state index in [1.807, 2.05) is 13.8 Å². The van der Waals surface area contributed by atoms with Crippen LogP contribution >= 0.6 is 12.2 Å². The zero-order chi connectivity index (χ0) is 19.3. The van der Waals surface area contributed by atoms with E-state index in [2.05, 4.69) is 16.2 Å². The van der Waals surface area contributed by atoms with Crippen LogP contribution in [0.25, 0.3) is 0 Å². The molecule has 10 heteroatoms. The quantitative estimate of drug-likeness (QED) is 0.501. The number of benzene rings is 1. The topological polar surface area (TPSA) is 99.8 Å². The number of morpholine rings is 1. The van der Waals surface area contributed by atoms with Crippen LogP contribution in [0.2, 0.25) is 0 Å². The molecule has 1 aromatic rings. The number of hydrogen-bond acceptors (Lipinski definition) is 5. The Labute approximate surface area is 159 Å². The number of hydrazine groups is 1. The first-order valence-corrected chi connectivity index (χ1v) is 10.1. The van der Waals surface area contributed by atoms with E-state index in [1.165, 1.54) is 10.4 Å². The van der Waals surface area contributed by atoms with Crippen LogP contribution in [0.5, 0.6) is 0 Å². The zero-order valence-electron chi connectivity index (χ0n) is 15.0. The minimum atomic E-state index is -3.68. The van der Waals surface area contributed by atoms with Gasteiger partial charge in [0.1, 0.15) is 0 Å². The summed E-state index contributed by atoms with van der Waals surface area (Å²) in [4.78, 5) is 12.4. The highest BCUT2D eigenvalue weighted by Crippen LogP contribution is 2.22. The molecule has 0 spiro atoms. The number of ether oxygens (including phenoxy) is 1. The Balaban J connectivity index is 2.16. The van der Waals surface area contributed by atoms with Crippen LogP contribution in [0.4, 0.5) is 0 Å². The molecule has 144 valence electrons. The second-order valence-corrected chi connectivity index (χ2v) is 8.52. The molecular formula is C16H24N4O4S2. The fourth-order valence-electron chi connectivity index (χ4n) is 2.43. The Morgan fingerprint density at radius 2 is 1.88 bits per heavy atom. The first kappa shape index (κ1) is 20.6. The van der Waals surface area contributed by atoms with Crippen LogP contribution in [0.3, 0.4) is 0 Å². The molecule has 26 heavy (non-hydrogen) atoms. The fraction of sp³-hybridized carbons (Fsp3) is 0.500. The molecule has 0 bridgehead atoms. The molecule has 0 unspecified atom stereocenters. The van der Waals surface area contributed by atoms with Crippen LogP contribution in [0.15, 0.2) is 23.1 Å². The minimum Gasteiger partial charge on any atom is -0.379 e. The molecule has 1 aliphatic rings. The summed E-state index contributed by atoms with van der Waals surface area (Å²) in [5, 5.41) is 3.21. The molecule has 0 aliphatic carbocycles. The van der Waals surface area contributed by atoms with Crippen molar-refractivity contribution in [1.29, 1.82) is 0 Å². The predicted octanol–water partition coefficient (Wildman–Crippen LogP) is 0.533. The number of hydrogen-bond donors (Lipinski definition) is 3. The first-order valence-electron chi connectivity index (χ1n) is 8.27. The van der Waals surface area contributed by atoms with Crippen LogP contribution in [0.1, 0.15) is 29.8 Å². The van der Waals surface area contributed by atoms with Crippen molar-refractivity contribution in [2.24, 2.45) is 0 Å². The van der Waals surface area contributed by atoms with Gasteiger partial charge in [-0.2, -0.15) is 4.31 Å². The number of carbonyl (C=O) groups excluding carboxylic acids is 1. The van der Waals surface area contributed by atoms with Gasteiger partial charge in [-0.05, 0) is 50.7 Å². The lowest BCUT2D eigenvalue weighted by Crippen LogP contribution is -2.48. The zero-order valence-corrected chi connectivity index (χ0v) is 16.7. The molecule has 0 radical (unpaired) electrons. The second kappa shape index (κ2) is 8.76. The SMILES string of the molecule is Cc1ccc(C(=O)NNC(=S)NC(C)C)cc1S(=O)(=O)N1CCOCC1. The van der Waals surface area contributed by atoms with Crippen LogP contribution in [0, 0.1) is 6.92 Å². The smallest absolute Gasteiger partial charge is 0.269 e. The molecule has 1 saturated heterocycles. The van der Waals surface area contributed by atoms with E-state index in [-0.39, 0.29) is 21.6 Å². The van der Waals surface area contributed by atoms with Crippen molar-refractivity contribution in [3.8, 4) is 0 Å². The van der Waals surface area contributed by atoms with E-state index >= 15 is 0 Å². The van der Waals surface area contributed by atoms with Crippen molar-refractivity contribution < 1.29 is 17.9 Å². The molecule has 0 aromatic heterocycles. The highest BCUT2D eigenvalue weighted by molar-refractivity contribution is 7.89. The third-order valence-electron chi connectivity index (χ3n) is 3.75. The number of aryl methyl sites for hydroxylation is 1. The maximum atomic E-state index is 12.9. The largest absolute Gasteiger partial charge is 0.379 e. The summed E-state index contributed by atoms with van der Waals surface area (Å²) in [6, 6.07) is 4.70. The van der Waals surface area contributed by atoms with Gasteiger partial charge >= 0.3 is 0 Å². The molecule has 1 heterocycles. The van der Waals surface area contributed by atoms with Crippen molar-refractivity contribution in [2.75, 3.05) is 26.3 Å². The molecule has 2 rings (SSSR count). The number of sulfonamides is 1. The molecule has 1 fully saturated rings. The monoisotopic (exact) mass is 400 g/mol. The maximum Gasteiger partial charge on any atom is 0.269 e. The highest BCUT2D eigenvalue weighted by Gasteiger charge is 2.28. The normalized spacial score (nSPS) is 15.5. The van der Waals surface area contributed by atoms with Crippen molar-refractivity contribution in [2.45, 2.75) is 31.7 Å². The third kappa shape index (κ3) is 5.13. The molecule has 1 aromatic carbocycles. The molecule has 0 saturated carbocycles. The molecular weight excluding hydrogens is 376 g/mol. The summed E-state index contributed by atoms with van der Waals surface area (Å²) >= 11 is 5.04. The van der Waals surface area contributed by atoms with Gasteiger partial charge in [-0.15, -0.1) is 0 Å². The minimum absolute atomic E-state index is 0.120. The van der Waals surface area contributed by atoms with Gasteiger partial charge in [-0.25, -0.2) is 8.42 Å². The standard InChI is InChI=1S/C16H24N4O4S2/c1-11(2)17-16(25)19-18-15(21)13-5-4-12(3)14(10-13)26(22,23)20-6-8-24-9-7-20/h4-5,10-11H,6-9H2,1-3H3,(H,18,21)(H2,17,19,25). The van der Waals surface area contributed by atoms with Crippen LogP contribution < -0.4 is 16.2 Å². The lowest BCUT2D eigenvalue weighted by molar-refractivity contribution is 0.0730. The molecule has 3 N–H and O–H groups in total. The van der Waals surface area contributed by atoms with Crippen LogP contribution in [-0.2, 0) is 14.8 Å². The number of nitrogens with zero attached hydrogens (tertiary/aromatic N) is 1. The summed E-state index contributed by atoms with van der Waals surface area (Å²) in [5.41, 5.74) is 5.86. The van der Waals surface area contributed by atoms with Crippen LogP contribution in [-0.4, -0.2) is 56.1 Å². The van der Waals surface area contributed by atoms with E-state index in [4.69, 9.17) is 17.0 Å². The van der Waals surface area contributed by atoms with Gasteiger partial charge in [0.2, 0.25) is 10.0 Å². The van der Waals surface area contributed by atoms with Gasteiger partial charge in [-0.1, -0.05) is 6.07 Å². The number of thiocarbonyl (C=S) groups is 1. The average molecular weight is 401 g/mol. The Bertz CT molecular complexity index is 774. The third-order valence-corrected chi connectivity index (χ3v) is 6.01. The van der Waals surface area contributed by atoms with Crippen molar-refractivity contribution in [1.82, 2.24) is 20.5 Å². The average Bonchev–Trinajstić information content (AvgIpc) is 2.60. The summed E-state index contributed by atoms with van der Waals surface area (Å²) in [7, 11) is -3.68. The van der Waals surface area contributed by atoms with E-state index in [0.717, 1.165) is 0 Å². The number of nitrogens with one attached hydrogen (secondary N) is 3. The van der Waals surface area contributed by atoms with Gasteiger partial charge in [-0.3, -0.25) is 15.6 Å². The summed E-state index contributed by atoms with van der Waals surface area (Å²) < 4.78 is 32.3. The van der Waals surface area contributed by atoms with Gasteiger partial charge in [0.05, 0.1) is 18.1 Å². The van der Waals surface area contributed by atoms with Gasteiger partial charge in [0, 0.05) is 24.7 Å². The number of amides is 1. The molecule has 0 atom stereocenters. The van der Waals surface area contributed by atoms with Crippen molar-refractivity contribution in [3.05, 3.63) is 29.3 Å². The summed E-state index contributed by atoms with van der Waals surface area (Å²) in [6.07, 6.45) is 0. The second-order valence-electron chi connectivity index (χ2n) is 6.20. The maximum absolute atomic E-state index is 12.9. The van der Waals surface area contributed by atoms with E-state index in [9.17, 15) is 13.2 Å². The lowest BCUT2D eigenvalue weighted by atomic mass is 10.1. The summed E-state index contributed by atoms with van der Waals surface area (Å²) in [6.45, 7) is 6.86. The number of carbonyl (C=O) groups is 1. The van der Waals surface area contributed by atoms with Gasteiger partial charge < -0.3 is 10.1 Å². The Kier molecular flexibility index (Phi) is 6.93. The van der Waals surface area contributed by atoms with Gasteiger partial charge in [0.25, 0.3) is 5.91 Å². The Morgan fingerprint density at radius 3 is 2.50 bits per heavy atom. The van der Waals surface area contributed by atoms with E-state index < -0.39 is 15.9 Å².